The fourth-order valence-corrected chi connectivity index (χ4v) is 3.63. The minimum atomic E-state index is -0.658. The summed E-state index contributed by atoms with van der Waals surface area (Å²) in [6, 6.07) is 0. The Bertz CT molecular complexity index is 584. The maximum Gasteiger partial charge on any atom is 0.508 e. The summed E-state index contributed by atoms with van der Waals surface area (Å²) in [4.78, 5) is 39.6. The maximum absolute atomic E-state index is 12.1. The number of hydrogen-bond acceptors (Lipinski definition) is 7. The number of rotatable bonds is 4. The Labute approximate surface area is 191 Å². The molecule has 184 valence electrons. The number of ether oxygens (including phenoxy) is 4. The molecule has 2 rings (SSSR count). The lowest BCUT2D eigenvalue weighted by Gasteiger charge is -2.33. The molecule has 2 aliphatic rings. The smallest absolute Gasteiger partial charge is 0.444 e. The van der Waals surface area contributed by atoms with Gasteiger partial charge in [0, 0.05) is 26.2 Å². The zero-order valence-electron chi connectivity index (χ0n) is 20.5. The quantitative estimate of drug-likeness (QED) is 0.456. The highest BCUT2D eigenvalue weighted by Crippen LogP contribution is 2.22. The van der Waals surface area contributed by atoms with Gasteiger partial charge in [-0.1, -0.05) is 0 Å². The van der Waals surface area contributed by atoms with E-state index < -0.39 is 17.4 Å². The molecule has 9 heteroatoms. The molecule has 2 saturated heterocycles. The van der Waals surface area contributed by atoms with Crippen molar-refractivity contribution < 1.29 is 33.3 Å². The summed E-state index contributed by atoms with van der Waals surface area (Å²) in [7, 11) is 0. The summed E-state index contributed by atoms with van der Waals surface area (Å²) in [6.07, 6.45) is 1.79. The van der Waals surface area contributed by atoms with E-state index in [-0.39, 0.29) is 37.2 Å². The first-order valence-electron chi connectivity index (χ1n) is 11.6. The van der Waals surface area contributed by atoms with Crippen molar-refractivity contribution in [1.82, 2.24) is 9.80 Å². The lowest BCUT2D eigenvalue weighted by molar-refractivity contribution is 0.00139. The van der Waals surface area contributed by atoms with Crippen molar-refractivity contribution in [3.8, 4) is 0 Å². The van der Waals surface area contributed by atoms with E-state index in [1.807, 2.05) is 41.5 Å². The van der Waals surface area contributed by atoms with Gasteiger partial charge in [0.05, 0.1) is 13.2 Å². The Balaban J connectivity index is 1.58. The molecule has 2 amide bonds. The van der Waals surface area contributed by atoms with E-state index in [0.29, 0.717) is 26.2 Å². The summed E-state index contributed by atoms with van der Waals surface area (Å²) in [6.45, 7) is 14.0. The molecule has 0 unspecified atom stereocenters. The molecular formula is C23H40N2O7. The fraction of sp³-hybridized carbons (Fsp3) is 0.870. The van der Waals surface area contributed by atoms with E-state index in [2.05, 4.69) is 0 Å². The summed E-state index contributed by atoms with van der Waals surface area (Å²) >= 11 is 0. The van der Waals surface area contributed by atoms with Gasteiger partial charge in [0.1, 0.15) is 11.2 Å². The summed E-state index contributed by atoms with van der Waals surface area (Å²) in [5.41, 5.74) is -1.01. The second kappa shape index (κ2) is 11.1. The second-order valence-electron chi connectivity index (χ2n) is 10.7. The van der Waals surface area contributed by atoms with E-state index in [1.165, 1.54) is 0 Å². The zero-order chi connectivity index (χ0) is 23.9. The highest BCUT2D eigenvalue weighted by atomic mass is 16.7. The Morgan fingerprint density at radius 3 is 1.25 bits per heavy atom. The molecule has 2 fully saturated rings. The number of amides is 2. The van der Waals surface area contributed by atoms with Crippen LogP contribution in [0.1, 0.15) is 67.2 Å². The van der Waals surface area contributed by atoms with Gasteiger partial charge in [-0.15, -0.1) is 0 Å². The SMILES string of the molecule is CC(C)(C)OC(=O)N1CCC(COC(=O)OCC2CCN(C(=O)OC(C)(C)C)CC2)CC1. The number of hydrogen-bond donors (Lipinski definition) is 0. The molecule has 0 aromatic heterocycles. The number of piperidine rings is 2. The molecule has 0 spiro atoms. The fourth-order valence-electron chi connectivity index (χ4n) is 3.63. The van der Waals surface area contributed by atoms with Crippen molar-refractivity contribution in [3.63, 3.8) is 0 Å². The van der Waals surface area contributed by atoms with Gasteiger partial charge in [-0.25, -0.2) is 14.4 Å². The van der Waals surface area contributed by atoms with Crippen LogP contribution in [0, 0.1) is 11.8 Å². The zero-order valence-corrected chi connectivity index (χ0v) is 20.5. The number of nitrogens with zero attached hydrogens (tertiary/aromatic N) is 2. The predicted molar refractivity (Wildman–Crippen MR) is 118 cm³/mol. The van der Waals surface area contributed by atoms with Crippen LogP contribution in [0.25, 0.3) is 0 Å². The molecule has 0 N–H and O–H groups in total. The Hall–Kier alpha value is -2.19. The minimum Gasteiger partial charge on any atom is -0.444 e. The number of likely N-dealkylation sites (tertiary alicyclic amines) is 2. The third-order valence-electron chi connectivity index (χ3n) is 5.41. The first-order valence-corrected chi connectivity index (χ1v) is 11.6. The lowest BCUT2D eigenvalue weighted by atomic mass is 9.98. The van der Waals surface area contributed by atoms with E-state index in [0.717, 1.165) is 25.7 Å². The number of carbonyl (C=O) groups is 3. The first kappa shape index (κ1) is 26.1. The number of carbonyl (C=O) groups excluding carboxylic acids is 3. The third-order valence-corrected chi connectivity index (χ3v) is 5.41. The highest BCUT2D eigenvalue weighted by Gasteiger charge is 2.29. The Kier molecular flexibility index (Phi) is 9.04. The average molecular weight is 457 g/mol. The average Bonchev–Trinajstić information content (AvgIpc) is 2.69. The Morgan fingerprint density at radius 1 is 0.656 bits per heavy atom. The molecule has 2 heterocycles. The van der Waals surface area contributed by atoms with Crippen molar-refractivity contribution in [2.24, 2.45) is 11.8 Å². The highest BCUT2D eigenvalue weighted by molar-refractivity contribution is 5.68. The van der Waals surface area contributed by atoms with Crippen LogP contribution in [0.2, 0.25) is 0 Å². The van der Waals surface area contributed by atoms with E-state index in [1.54, 1.807) is 9.80 Å². The van der Waals surface area contributed by atoms with Crippen molar-refractivity contribution in [3.05, 3.63) is 0 Å². The van der Waals surface area contributed by atoms with Crippen molar-refractivity contribution in [1.29, 1.82) is 0 Å². The van der Waals surface area contributed by atoms with Gasteiger partial charge in [-0.2, -0.15) is 0 Å². The van der Waals surface area contributed by atoms with Gasteiger partial charge in [-0.05, 0) is 79.1 Å². The van der Waals surface area contributed by atoms with Gasteiger partial charge in [0.25, 0.3) is 0 Å². The molecule has 0 bridgehead atoms. The molecule has 2 aliphatic heterocycles. The topological polar surface area (TPSA) is 94.6 Å². The largest absolute Gasteiger partial charge is 0.508 e. The molecule has 0 aromatic rings. The molecule has 0 atom stereocenters. The summed E-state index contributed by atoms with van der Waals surface area (Å²) < 4.78 is 21.4. The molecule has 32 heavy (non-hydrogen) atoms. The van der Waals surface area contributed by atoms with Gasteiger partial charge < -0.3 is 28.7 Å². The van der Waals surface area contributed by atoms with E-state index >= 15 is 0 Å². The molecular weight excluding hydrogens is 416 g/mol. The molecule has 0 saturated carbocycles. The minimum absolute atomic E-state index is 0.207. The van der Waals surface area contributed by atoms with Crippen molar-refractivity contribution >= 4 is 18.3 Å². The van der Waals surface area contributed by atoms with Crippen molar-refractivity contribution in [2.75, 3.05) is 39.4 Å². The van der Waals surface area contributed by atoms with Crippen LogP contribution < -0.4 is 0 Å². The van der Waals surface area contributed by atoms with Crippen LogP contribution in [-0.2, 0) is 18.9 Å². The van der Waals surface area contributed by atoms with Gasteiger partial charge in [0.2, 0.25) is 0 Å². The molecule has 9 nitrogen and oxygen atoms in total. The Morgan fingerprint density at radius 2 is 0.969 bits per heavy atom. The predicted octanol–water partition coefficient (Wildman–Crippen LogP) is 4.43. The normalized spacial score (nSPS) is 18.8. The summed E-state index contributed by atoms with van der Waals surface area (Å²) in [5.74, 6) is 0.414. The van der Waals surface area contributed by atoms with Gasteiger partial charge in [0.15, 0.2) is 0 Å². The third kappa shape index (κ3) is 9.53. The standard InChI is InChI=1S/C23H40N2O7/c1-22(2,3)31-19(26)24-11-7-17(8-12-24)15-29-21(28)30-16-18-9-13-25(14-10-18)20(27)32-23(4,5)6/h17-18H,7-16H2,1-6H3. The summed E-state index contributed by atoms with van der Waals surface area (Å²) in [5, 5.41) is 0. The van der Waals surface area contributed by atoms with Crippen LogP contribution in [0.4, 0.5) is 14.4 Å². The van der Waals surface area contributed by atoms with Crippen LogP contribution in [0.3, 0.4) is 0 Å². The monoisotopic (exact) mass is 456 g/mol. The lowest BCUT2D eigenvalue weighted by Crippen LogP contribution is -2.42. The van der Waals surface area contributed by atoms with Crippen molar-refractivity contribution in [2.45, 2.75) is 78.4 Å². The molecule has 0 radical (unpaired) electrons. The van der Waals surface area contributed by atoms with E-state index in [4.69, 9.17) is 18.9 Å². The second-order valence-corrected chi connectivity index (χ2v) is 10.7. The van der Waals surface area contributed by atoms with Crippen LogP contribution >= 0.6 is 0 Å². The van der Waals surface area contributed by atoms with E-state index in [9.17, 15) is 14.4 Å². The van der Waals surface area contributed by atoms with Crippen LogP contribution in [-0.4, -0.2) is 78.7 Å². The van der Waals surface area contributed by atoms with Crippen LogP contribution in [0.5, 0.6) is 0 Å². The molecule has 0 aromatic carbocycles. The first-order chi connectivity index (χ1) is 14.8. The van der Waals surface area contributed by atoms with Crippen LogP contribution in [0.15, 0.2) is 0 Å². The van der Waals surface area contributed by atoms with Gasteiger partial charge >= 0.3 is 18.3 Å². The molecule has 0 aliphatic carbocycles. The van der Waals surface area contributed by atoms with Gasteiger partial charge in [-0.3, -0.25) is 0 Å². The maximum atomic E-state index is 12.1.